The van der Waals surface area contributed by atoms with Crippen molar-refractivity contribution in [3.8, 4) is 11.5 Å². The SMILES string of the molecule is COc1ccc([C@H]2CC(=O)C3=C(C2)NC(C)=C(C(=O)Nc2ccc(C)cc2)[C@@H]3c2ccc(Cl)cc2)cc1OC. The Labute approximate surface area is 233 Å². The fraction of sp³-hybridized carbons (Fsp3) is 0.250. The lowest BCUT2D eigenvalue weighted by atomic mass is 9.71. The number of ether oxygens (including phenoxy) is 2. The third-order valence-electron chi connectivity index (χ3n) is 7.46. The molecule has 0 fully saturated rings. The number of Topliss-reactive ketones (excluding diaryl/α,β-unsaturated/α-hetero) is 1. The van der Waals surface area contributed by atoms with E-state index >= 15 is 0 Å². The number of nitrogens with one attached hydrogen (secondary N) is 2. The molecule has 2 atom stereocenters. The van der Waals surface area contributed by atoms with Gasteiger partial charge in [-0.05, 0) is 73.7 Å². The molecule has 2 N–H and O–H groups in total. The molecule has 1 aliphatic heterocycles. The van der Waals surface area contributed by atoms with Crippen molar-refractivity contribution < 1.29 is 19.1 Å². The Bertz CT molecular complexity index is 1490. The molecule has 0 radical (unpaired) electrons. The fourth-order valence-electron chi connectivity index (χ4n) is 5.51. The van der Waals surface area contributed by atoms with Gasteiger partial charge in [-0.25, -0.2) is 0 Å². The highest BCUT2D eigenvalue weighted by Gasteiger charge is 2.41. The second-order valence-corrected chi connectivity index (χ2v) is 10.4. The maximum Gasteiger partial charge on any atom is 0.254 e. The van der Waals surface area contributed by atoms with Crippen LogP contribution in [0.5, 0.6) is 11.5 Å². The van der Waals surface area contributed by atoms with Crippen LogP contribution in [0.2, 0.25) is 5.02 Å². The van der Waals surface area contributed by atoms with E-state index in [1.54, 1.807) is 26.4 Å². The summed E-state index contributed by atoms with van der Waals surface area (Å²) in [5.41, 5.74) is 6.37. The maximum absolute atomic E-state index is 13.9. The van der Waals surface area contributed by atoms with Crippen molar-refractivity contribution >= 4 is 29.0 Å². The molecule has 0 saturated carbocycles. The van der Waals surface area contributed by atoms with Crippen molar-refractivity contribution in [1.82, 2.24) is 5.32 Å². The van der Waals surface area contributed by atoms with Crippen molar-refractivity contribution in [2.75, 3.05) is 19.5 Å². The molecule has 200 valence electrons. The van der Waals surface area contributed by atoms with Crippen molar-refractivity contribution in [2.45, 2.75) is 38.5 Å². The number of halogens is 1. The molecule has 5 rings (SSSR count). The largest absolute Gasteiger partial charge is 0.493 e. The van der Waals surface area contributed by atoms with Crippen LogP contribution in [0.15, 0.2) is 89.3 Å². The smallest absolute Gasteiger partial charge is 0.254 e. The fourth-order valence-corrected chi connectivity index (χ4v) is 5.63. The highest BCUT2D eigenvalue weighted by Crippen LogP contribution is 2.46. The van der Waals surface area contributed by atoms with E-state index in [1.807, 2.05) is 68.4 Å². The molecule has 0 saturated heterocycles. The molecule has 1 aliphatic carbocycles. The van der Waals surface area contributed by atoms with Gasteiger partial charge in [0.2, 0.25) is 0 Å². The molecule has 3 aromatic carbocycles. The number of hydrogen-bond acceptors (Lipinski definition) is 5. The van der Waals surface area contributed by atoms with Gasteiger partial charge in [0.15, 0.2) is 17.3 Å². The zero-order chi connectivity index (χ0) is 27.7. The maximum atomic E-state index is 13.9. The number of ketones is 1. The number of methoxy groups -OCH3 is 2. The zero-order valence-corrected chi connectivity index (χ0v) is 23.2. The Kier molecular flexibility index (Phi) is 7.49. The summed E-state index contributed by atoms with van der Waals surface area (Å²) in [6.45, 7) is 3.89. The minimum Gasteiger partial charge on any atom is -0.493 e. The van der Waals surface area contributed by atoms with Crippen LogP contribution >= 0.6 is 11.6 Å². The number of rotatable bonds is 6. The highest BCUT2D eigenvalue weighted by atomic mass is 35.5. The van der Waals surface area contributed by atoms with E-state index in [0.717, 1.165) is 28.1 Å². The Balaban J connectivity index is 1.53. The number of aryl methyl sites for hydroxylation is 1. The van der Waals surface area contributed by atoms with Gasteiger partial charge < -0.3 is 20.1 Å². The average molecular weight is 543 g/mol. The molecule has 7 heteroatoms. The summed E-state index contributed by atoms with van der Waals surface area (Å²) in [6, 6.07) is 20.8. The summed E-state index contributed by atoms with van der Waals surface area (Å²) in [5, 5.41) is 7.05. The first-order valence-corrected chi connectivity index (χ1v) is 13.3. The number of carbonyl (C=O) groups is 2. The Hall–Kier alpha value is -4.03. The average Bonchev–Trinajstić information content (AvgIpc) is 2.93. The van der Waals surface area contributed by atoms with Crippen molar-refractivity contribution in [1.29, 1.82) is 0 Å². The number of allylic oxidation sites excluding steroid dienone is 3. The van der Waals surface area contributed by atoms with Crippen LogP contribution in [0.4, 0.5) is 5.69 Å². The first-order valence-electron chi connectivity index (χ1n) is 12.9. The molecular weight excluding hydrogens is 512 g/mol. The number of dihydropyridines is 1. The number of amides is 1. The summed E-state index contributed by atoms with van der Waals surface area (Å²) >= 11 is 6.20. The first kappa shape index (κ1) is 26.6. The molecule has 39 heavy (non-hydrogen) atoms. The number of anilines is 1. The van der Waals surface area contributed by atoms with Crippen LogP contribution in [0.1, 0.15) is 48.3 Å². The molecule has 2 aliphatic rings. The molecule has 0 aromatic heterocycles. The third-order valence-corrected chi connectivity index (χ3v) is 7.72. The molecule has 3 aromatic rings. The van der Waals surface area contributed by atoms with Gasteiger partial charge in [0, 0.05) is 45.6 Å². The second-order valence-electron chi connectivity index (χ2n) is 10.0. The number of hydrogen-bond donors (Lipinski definition) is 2. The van der Waals surface area contributed by atoms with E-state index in [2.05, 4.69) is 10.6 Å². The molecule has 0 bridgehead atoms. The predicted molar refractivity (Wildman–Crippen MR) is 153 cm³/mol. The highest BCUT2D eigenvalue weighted by molar-refractivity contribution is 6.30. The van der Waals surface area contributed by atoms with Crippen LogP contribution < -0.4 is 20.1 Å². The minimum absolute atomic E-state index is 0.0108. The van der Waals surface area contributed by atoms with Gasteiger partial charge in [0.25, 0.3) is 5.91 Å². The van der Waals surface area contributed by atoms with Gasteiger partial charge in [-0.15, -0.1) is 0 Å². The second kappa shape index (κ2) is 11.0. The number of carbonyl (C=O) groups excluding carboxylic acids is 2. The monoisotopic (exact) mass is 542 g/mol. The third kappa shape index (κ3) is 5.30. The van der Waals surface area contributed by atoms with E-state index < -0.39 is 5.92 Å². The van der Waals surface area contributed by atoms with E-state index in [-0.39, 0.29) is 17.6 Å². The lowest BCUT2D eigenvalue weighted by Crippen LogP contribution is -2.37. The van der Waals surface area contributed by atoms with Gasteiger partial charge in [0.05, 0.1) is 14.2 Å². The van der Waals surface area contributed by atoms with Crippen molar-refractivity contribution in [2.24, 2.45) is 0 Å². The molecule has 0 spiro atoms. The summed E-state index contributed by atoms with van der Waals surface area (Å²) in [7, 11) is 3.20. The minimum atomic E-state index is -0.511. The Morgan fingerprint density at radius 3 is 2.23 bits per heavy atom. The van der Waals surface area contributed by atoms with Crippen LogP contribution in [0, 0.1) is 6.92 Å². The lowest BCUT2D eigenvalue weighted by Gasteiger charge is -2.37. The first-order chi connectivity index (χ1) is 18.8. The van der Waals surface area contributed by atoms with E-state index in [0.29, 0.717) is 46.2 Å². The molecular formula is C32H31ClN2O4. The van der Waals surface area contributed by atoms with Gasteiger partial charge in [0.1, 0.15) is 0 Å². The summed E-state index contributed by atoms with van der Waals surface area (Å²) in [5.74, 6) is 0.490. The van der Waals surface area contributed by atoms with Crippen LogP contribution in [-0.2, 0) is 9.59 Å². The van der Waals surface area contributed by atoms with Crippen molar-refractivity contribution in [3.63, 3.8) is 0 Å². The van der Waals surface area contributed by atoms with Crippen LogP contribution in [0.25, 0.3) is 0 Å². The predicted octanol–water partition coefficient (Wildman–Crippen LogP) is 6.67. The summed E-state index contributed by atoms with van der Waals surface area (Å²) in [6.07, 6.45) is 0.955. The van der Waals surface area contributed by atoms with E-state index in [4.69, 9.17) is 21.1 Å². The standard InChI is InChI=1S/C32H31ClN2O4/c1-18-5-12-24(13-6-18)35-32(37)29-19(2)34-25-15-22(21-9-14-27(38-3)28(17-21)39-4)16-26(36)31(25)30(29)20-7-10-23(33)11-8-20/h5-14,17,22,30,34H,15-16H2,1-4H3,(H,35,37)/t22-,30+/m1/s1. The van der Waals surface area contributed by atoms with Gasteiger partial charge >= 0.3 is 0 Å². The van der Waals surface area contributed by atoms with E-state index in [1.165, 1.54) is 0 Å². The van der Waals surface area contributed by atoms with Crippen LogP contribution in [0.3, 0.4) is 0 Å². The van der Waals surface area contributed by atoms with Gasteiger partial charge in [-0.3, -0.25) is 9.59 Å². The lowest BCUT2D eigenvalue weighted by molar-refractivity contribution is -0.116. The van der Waals surface area contributed by atoms with Crippen molar-refractivity contribution in [3.05, 3.63) is 111 Å². The molecule has 0 unspecified atom stereocenters. The Morgan fingerprint density at radius 1 is 0.897 bits per heavy atom. The summed E-state index contributed by atoms with van der Waals surface area (Å²) < 4.78 is 10.9. The molecule has 1 amide bonds. The molecule has 1 heterocycles. The topological polar surface area (TPSA) is 76.7 Å². The van der Waals surface area contributed by atoms with E-state index in [9.17, 15) is 9.59 Å². The summed E-state index contributed by atoms with van der Waals surface area (Å²) in [4.78, 5) is 27.6. The van der Waals surface area contributed by atoms with Gasteiger partial charge in [-0.2, -0.15) is 0 Å². The molecule has 6 nitrogen and oxygen atoms in total. The number of benzene rings is 3. The zero-order valence-electron chi connectivity index (χ0n) is 22.4. The normalized spacial score (nSPS) is 18.8. The quantitative estimate of drug-likeness (QED) is 0.364. The van der Waals surface area contributed by atoms with Crippen LogP contribution in [-0.4, -0.2) is 25.9 Å². The van der Waals surface area contributed by atoms with Gasteiger partial charge in [-0.1, -0.05) is 47.5 Å². The Morgan fingerprint density at radius 2 is 1.56 bits per heavy atom.